The van der Waals surface area contributed by atoms with Crippen molar-refractivity contribution in [2.75, 3.05) is 47.6 Å². The maximum absolute atomic E-state index is 9.45. The second-order valence-corrected chi connectivity index (χ2v) is 3.93. The summed E-state index contributed by atoms with van der Waals surface area (Å²) in [7, 11) is 4.90. The van der Waals surface area contributed by atoms with Crippen LogP contribution in [0, 0.1) is 0 Å². The molecule has 0 aromatic carbocycles. The molecule has 0 aromatic heterocycles. The fourth-order valence-electron chi connectivity index (χ4n) is 1.74. The minimum Gasteiger partial charge on any atom is -0.391 e. The van der Waals surface area contributed by atoms with Gasteiger partial charge < -0.3 is 19.3 Å². The quantitative estimate of drug-likeness (QED) is 0.595. The van der Waals surface area contributed by atoms with E-state index in [4.69, 9.17) is 14.2 Å². The fourth-order valence-corrected chi connectivity index (χ4v) is 1.74. The van der Waals surface area contributed by atoms with Crippen molar-refractivity contribution in [3.05, 3.63) is 0 Å². The maximum atomic E-state index is 9.45. The van der Waals surface area contributed by atoms with Crippen LogP contribution in [0.5, 0.6) is 0 Å². The van der Waals surface area contributed by atoms with Gasteiger partial charge in [0.05, 0.1) is 25.8 Å². The molecule has 1 unspecified atom stereocenters. The van der Waals surface area contributed by atoms with Gasteiger partial charge in [0.2, 0.25) is 0 Å². The Balaban J connectivity index is 2.12. The lowest BCUT2D eigenvalue weighted by Gasteiger charge is -2.47. The first-order valence-corrected chi connectivity index (χ1v) is 5.15. The van der Waals surface area contributed by atoms with Crippen LogP contribution in [0.1, 0.15) is 6.42 Å². The average Bonchev–Trinajstić information content (AvgIpc) is 2.17. The standard InChI is InChI=1S/C10H21NO4/c1-13-6-9(12)4-5-11-7-10(8-11,14-2)15-3/h9,12H,4-8H2,1-3H3. The van der Waals surface area contributed by atoms with Crippen molar-refractivity contribution in [1.82, 2.24) is 4.90 Å². The Labute approximate surface area is 90.9 Å². The maximum Gasteiger partial charge on any atom is 0.193 e. The van der Waals surface area contributed by atoms with Gasteiger partial charge >= 0.3 is 0 Å². The molecular formula is C10H21NO4. The molecule has 1 fully saturated rings. The van der Waals surface area contributed by atoms with Crippen molar-refractivity contribution in [2.45, 2.75) is 18.3 Å². The molecule has 1 N–H and O–H groups in total. The molecule has 5 heteroatoms. The lowest BCUT2D eigenvalue weighted by atomic mass is 10.1. The van der Waals surface area contributed by atoms with Crippen LogP contribution in [0.15, 0.2) is 0 Å². The Morgan fingerprint density at radius 1 is 1.27 bits per heavy atom. The summed E-state index contributed by atoms with van der Waals surface area (Å²) in [6.07, 6.45) is 0.340. The van der Waals surface area contributed by atoms with Crippen LogP contribution in [0.4, 0.5) is 0 Å². The molecule has 0 aromatic rings. The third-order valence-corrected chi connectivity index (χ3v) is 2.81. The van der Waals surface area contributed by atoms with E-state index in [1.165, 1.54) is 0 Å². The molecule has 0 radical (unpaired) electrons. The zero-order valence-electron chi connectivity index (χ0n) is 9.73. The predicted molar refractivity (Wildman–Crippen MR) is 55.7 cm³/mol. The molecule has 90 valence electrons. The number of likely N-dealkylation sites (tertiary alicyclic amines) is 1. The molecule has 1 heterocycles. The second-order valence-electron chi connectivity index (χ2n) is 3.93. The van der Waals surface area contributed by atoms with Gasteiger partial charge in [0, 0.05) is 27.9 Å². The zero-order chi connectivity index (χ0) is 11.3. The first-order valence-electron chi connectivity index (χ1n) is 5.15. The molecule has 1 saturated heterocycles. The van der Waals surface area contributed by atoms with Gasteiger partial charge in [-0.15, -0.1) is 0 Å². The van der Waals surface area contributed by atoms with Crippen LogP contribution < -0.4 is 0 Å². The Morgan fingerprint density at radius 3 is 2.33 bits per heavy atom. The zero-order valence-corrected chi connectivity index (χ0v) is 9.73. The summed E-state index contributed by atoms with van der Waals surface area (Å²) in [6.45, 7) is 2.77. The minimum absolute atomic E-state index is 0.380. The monoisotopic (exact) mass is 219 g/mol. The van der Waals surface area contributed by atoms with E-state index in [-0.39, 0.29) is 6.10 Å². The number of hydrogen-bond donors (Lipinski definition) is 1. The Hall–Kier alpha value is -0.200. The van der Waals surface area contributed by atoms with Crippen molar-refractivity contribution in [2.24, 2.45) is 0 Å². The summed E-state index contributed by atoms with van der Waals surface area (Å²) in [5, 5.41) is 9.45. The normalized spacial score (nSPS) is 22.4. The molecular weight excluding hydrogens is 198 g/mol. The molecule has 0 saturated carbocycles. The summed E-state index contributed by atoms with van der Waals surface area (Å²) in [5.41, 5.74) is 0. The first kappa shape index (κ1) is 12.9. The molecule has 0 amide bonds. The Morgan fingerprint density at radius 2 is 1.87 bits per heavy atom. The highest BCUT2D eigenvalue weighted by atomic mass is 16.7. The van der Waals surface area contributed by atoms with E-state index in [1.807, 2.05) is 0 Å². The second kappa shape index (κ2) is 5.77. The SMILES string of the molecule is COCC(O)CCN1CC(OC)(OC)C1. The molecule has 0 aliphatic carbocycles. The van der Waals surface area contributed by atoms with Gasteiger partial charge in [-0.1, -0.05) is 0 Å². The van der Waals surface area contributed by atoms with E-state index >= 15 is 0 Å². The van der Waals surface area contributed by atoms with Gasteiger partial charge in [-0.3, -0.25) is 4.90 Å². The van der Waals surface area contributed by atoms with Crippen molar-refractivity contribution in [3.63, 3.8) is 0 Å². The van der Waals surface area contributed by atoms with Crippen molar-refractivity contribution in [1.29, 1.82) is 0 Å². The van der Waals surface area contributed by atoms with Gasteiger partial charge in [-0.05, 0) is 6.42 Å². The number of aliphatic hydroxyl groups excluding tert-OH is 1. The van der Waals surface area contributed by atoms with E-state index < -0.39 is 5.79 Å². The van der Waals surface area contributed by atoms with Crippen LogP contribution in [0.2, 0.25) is 0 Å². The van der Waals surface area contributed by atoms with Crippen LogP contribution >= 0.6 is 0 Å². The van der Waals surface area contributed by atoms with E-state index in [2.05, 4.69) is 4.90 Å². The largest absolute Gasteiger partial charge is 0.391 e. The highest BCUT2D eigenvalue weighted by molar-refractivity contribution is 4.89. The van der Waals surface area contributed by atoms with Gasteiger partial charge in [-0.2, -0.15) is 0 Å². The third-order valence-electron chi connectivity index (χ3n) is 2.81. The fraction of sp³-hybridized carbons (Fsp3) is 1.00. The van der Waals surface area contributed by atoms with Gasteiger partial charge in [-0.25, -0.2) is 0 Å². The summed E-state index contributed by atoms with van der Waals surface area (Å²) in [6, 6.07) is 0. The molecule has 5 nitrogen and oxygen atoms in total. The van der Waals surface area contributed by atoms with E-state index in [1.54, 1.807) is 21.3 Å². The summed E-state index contributed by atoms with van der Waals surface area (Å²) in [5.74, 6) is -0.424. The van der Waals surface area contributed by atoms with Crippen LogP contribution in [-0.2, 0) is 14.2 Å². The summed E-state index contributed by atoms with van der Waals surface area (Å²) < 4.78 is 15.4. The number of hydrogen-bond acceptors (Lipinski definition) is 5. The van der Waals surface area contributed by atoms with Crippen molar-refractivity contribution in [3.8, 4) is 0 Å². The van der Waals surface area contributed by atoms with Crippen molar-refractivity contribution < 1.29 is 19.3 Å². The molecule has 1 aliphatic rings. The van der Waals surface area contributed by atoms with E-state index in [0.29, 0.717) is 6.61 Å². The number of ether oxygens (including phenoxy) is 3. The van der Waals surface area contributed by atoms with Gasteiger partial charge in [0.1, 0.15) is 0 Å². The number of nitrogens with zero attached hydrogens (tertiary/aromatic N) is 1. The highest BCUT2D eigenvalue weighted by Crippen LogP contribution is 2.25. The molecule has 15 heavy (non-hydrogen) atoms. The molecule has 1 atom stereocenters. The van der Waals surface area contributed by atoms with Gasteiger partial charge in [0.25, 0.3) is 0 Å². The molecule has 0 spiro atoms. The van der Waals surface area contributed by atoms with Crippen molar-refractivity contribution >= 4 is 0 Å². The van der Waals surface area contributed by atoms with E-state index in [0.717, 1.165) is 26.1 Å². The summed E-state index contributed by atoms with van der Waals surface area (Å²) in [4.78, 5) is 2.19. The lowest BCUT2D eigenvalue weighted by molar-refractivity contribution is -0.275. The first-order chi connectivity index (χ1) is 7.15. The van der Waals surface area contributed by atoms with E-state index in [9.17, 15) is 5.11 Å². The Bertz CT molecular complexity index is 176. The van der Waals surface area contributed by atoms with Gasteiger partial charge in [0.15, 0.2) is 5.79 Å². The van der Waals surface area contributed by atoms with Crippen LogP contribution in [0.25, 0.3) is 0 Å². The third kappa shape index (κ3) is 3.39. The number of methoxy groups -OCH3 is 3. The average molecular weight is 219 g/mol. The van der Waals surface area contributed by atoms with Crippen LogP contribution in [-0.4, -0.2) is 69.5 Å². The molecule has 0 bridgehead atoms. The Kier molecular flexibility index (Phi) is 4.95. The molecule has 1 aliphatic heterocycles. The number of rotatable bonds is 7. The topological polar surface area (TPSA) is 51.2 Å². The van der Waals surface area contributed by atoms with Crippen LogP contribution in [0.3, 0.4) is 0 Å². The minimum atomic E-state index is -0.424. The lowest BCUT2D eigenvalue weighted by Crippen LogP contribution is -2.64. The smallest absolute Gasteiger partial charge is 0.193 e. The highest BCUT2D eigenvalue weighted by Gasteiger charge is 2.43. The molecule has 1 rings (SSSR count). The predicted octanol–water partition coefficient (Wildman–Crippen LogP) is -0.311. The number of aliphatic hydroxyl groups is 1. The summed E-state index contributed by atoms with van der Waals surface area (Å²) >= 11 is 0.